The van der Waals surface area contributed by atoms with Gasteiger partial charge < -0.3 is 9.47 Å². The highest BCUT2D eigenvalue weighted by molar-refractivity contribution is 6.30. The fourth-order valence-corrected chi connectivity index (χ4v) is 2.70. The molecule has 0 N–H and O–H groups in total. The number of alkyl halides is 3. The molecule has 0 spiro atoms. The molecule has 0 aliphatic heterocycles. The van der Waals surface area contributed by atoms with Gasteiger partial charge in [-0.25, -0.2) is 4.98 Å². The molecular formula is C14H12ClF3N4O2. The first-order valence-corrected chi connectivity index (χ1v) is 7.28. The minimum atomic E-state index is -4.25. The second-order valence-corrected chi connectivity index (χ2v) is 5.60. The van der Waals surface area contributed by atoms with Gasteiger partial charge in [0, 0.05) is 6.20 Å². The van der Waals surface area contributed by atoms with Gasteiger partial charge in [-0.2, -0.15) is 18.2 Å². The first kappa shape index (κ1) is 16.7. The number of hydrogen-bond acceptors (Lipinski definition) is 6. The van der Waals surface area contributed by atoms with Crippen LogP contribution >= 0.6 is 11.6 Å². The molecule has 10 heteroatoms. The maximum absolute atomic E-state index is 12.8. The standard InChI is InChI=1S/C14H12ClF3N4O2/c1-23-12-8(5-19-13(20-12)24-2)10-4-7(11(15)22-21-10)6-3-9(6)14(16,17)18/h4-6,9H,3H2,1-2H3/t6-,9+/m1/s1. The van der Waals surface area contributed by atoms with Crippen LogP contribution in [0.5, 0.6) is 11.9 Å². The molecule has 3 rings (SSSR count). The highest BCUT2D eigenvalue weighted by Gasteiger charge is 2.56. The zero-order valence-corrected chi connectivity index (χ0v) is 13.4. The Morgan fingerprint density at radius 3 is 2.54 bits per heavy atom. The van der Waals surface area contributed by atoms with Crippen molar-refractivity contribution in [2.75, 3.05) is 14.2 Å². The lowest BCUT2D eigenvalue weighted by molar-refractivity contribution is -0.148. The first-order chi connectivity index (χ1) is 11.3. The second-order valence-electron chi connectivity index (χ2n) is 5.25. The van der Waals surface area contributed by atoms with E-state index in [1.165, 1.54) is 26.5 Å². The van der Waals surface area contributed by atoms with Gasteiger partial charge in [-0.1, -0.05) is 11.6 Å². The fraction of sp³-hybridized carbons (Fsp3) is 0.429. The maximum atomic E-state index is 12.8. The van der Waals surface area contributed by atoms with E-state index in [9.17, 15) is 13.2 Å². The Balaban J connectivity index is 1.98. The largest absolute Gasteiger partial charge is 0.480 e. The summed E-state index contributed by atoms with van der Waals surface area (Å²) < 4.78 is 48.5. The summed E-state index contributed by atoms with van der Waals surface area (Å²) in [6, 6.07) is 1.57. The van der Waals surface area contributed by atoms with E-state index in [2.05, 4.69) is 20.2 Å². The highest BCUT2D eigenvalue weighted by atomic mass is 35.5. The lowest BCUT2D eigenvalue weighted by atomic mass is 10.1. The van der Waals surface area contributed by atoms with E-state index in [-0.39, 0.29) is 29.2 Å². The van der Waals surface area contributed by atoms with Crippen molar-refractivity contribution in [3.8, 4) is 23.1 Å². The molecule has 2 atom stereocenters. The summed E-state index contributed by atoms with van der Waals surface area (Å²) in [7, 11) is 2.80. The van der Waals surface area contributed by atoms with Gasteiger partial charge in [0.1, 0.15) is 5.69 Å². The number of nitrogens with zero attached hydrogens (tertiary/aromatic N) is 4. The van der Waals surface area contributed by atoms with Crippen LogP contribution in [0.15, 0.2) is 12.3 Å². The molecule has 24 heavy (non-hydrogen) atoms. The normalized spacial score (nSPS) is 19.9. The van der Waals surface area contributed by atoms with E-state index in [4.69, 9.17) is 21.1 Å². The zero-order chi connectivity index (χ0) is 17.5. The van der Waals surface area contributed by atoms with E-state index in [0.717, 1.165) is 0 Å². The molecule has 1 saturated carbocycles. The smallest absolute Gasteiger partial charge is 0.392 e. The molecule has 0 radical (unpaired) electrons. The van der Waals surface area contributed by atoms with Gasteiger partial charge >= 0.3 is 12.2 Å². The molecule has 2 aromatic rings. The van der Waals surface area contributed by atoms with Crippen LogP contribution in [0, 0.1) is 5.92 Å². The third-order valence-corrected chi connectivity index (χ3v) is 4.06. The number of rotatable bonds is 4. The molecule has 0 saturated heterocycles. The maximum Gasteiger partial charge on any atom is 0.392 e. The quantitative estimate of drug-likeness (QED) is 0.833. The van der Waals surface area contributed by atoms with Crippen molar-refractivity contribution in [1.29, 1.82) is 0 Å². The van der Waals surface area contributed by atoms with Gasteiger partial charge in [0.15, 0.2) is 5.15 Å². The van der Waals surface area contributed by atoms with Crippen LogP contribution in [-0.2, 0) is 0 Å². The molecule has 1 aliphatic rings. The van der Waals surface area contributed by atoms with Gasteiger partial charge in [-0.3, -0.25) is 0 Å². The number of methoxy groups -OCH3 is 2. The van der Waals surface area contributed by atoms with E-state index in [1.54, 1.807) is 0 Å². The van der Waals surface area contributed by atoms with Gasteiger partial charge in [0.25, 0.3) is 0 Å². The van der Waals surface area contributed by atoms with Crippen molar-refractivity contribution in [1.82, 2.24) is 20.2 Å². The van der Waals surface area contributed by atoms with Crippen molar-refractivity contribution in [2.45, 2.75) is 18.5 Å². The van der Waals surface area contributed by atoms with E-state index >= 15 is 0 Å². The number of ether oxygens (including phenoxy) is 2. The summed E-state index contributed by atoms with van der Waals surface area (Å²) in [5.74, 6) is -1.94. The van der Waals surface area contributed by atoms with Crippen LogP contribution in [0.2, 0.25) is 5.15 Å². The van der Waals surface area contributed by atoms with Crippen LogP contribution in [0.1, 0.15) is 17.9 Å². The molecule has 1 aliphatic carbocycles. The lowest BCUT2D eigenvalue weighted by Gasteiger charge is -2.10. The zero-order valence-electron chi connectivity index (χ0n) is 12.6. The van der Waals surface area contributed by atoms with Crippen molar-refractivity contribution in [3.63, 3.8) is 0 Å². The van der Waals surface area contributed by atoms with E-state index < -0.39 is 18.0 Å². The minimum Gasteiger partial charge on any atom is -0.480 e. The summed E-state index contributed by atoms with van der Waals surface area (Å²) in [4.78, 5) is 7.97. The molecule has 0 bridgehead atoms. The summed E-state index contributed by atoms with van der Waals surface area (Å²) in [5.41, 5.74) is 0.969. The first-order valence-electron chi connectivity index (χ1n) is 6.90. The van der Waals surface area contributed by atoms with Crippen molar-refractivity contribution < 1.29 is 22.6 Å². The Labute approximate surface area is 140 Å². The third-order valence-electron chi connectivity index (χ3n) is 3.77. The molecule has 2 heterocycles. The van der Waals surface area contributed by atoms with Crippen LogP contribution in [-0.4, -0.2) is 40.6 Å². The number of halogens is 4. The van der Waals surface area contributed by atoms with E-state index in [0.29, 0.717) is 11.1 Å². The molecule has 128 valence electrons. The Morgan fingerprint density at radius 1 is 1.21 bits per heavy atom. The lowest BCUT2D eigenvalue weighted by Crippen LogP contribution is -2.11. The van der Waals surface area contributed by atoms with Crippen molar-refractivity contribution in [2.24, 2.45) is 5.92 Å². The topological polar surface area (TPSA) is 70.0 Å². The Kier molecular flexibility index (Phi) is 4.20. The predicted octanol–water partition coefficient (Wildman–Crippen LogP) is 3.27. The van der Waals surface area contributed by atoms with Crippen LogP contribution in [0.4, 0.5) is 13.2 Å². The van der Waals surface area contributed by atoms with Gasteiger partial charge in [0.2, 0.25) is 5.88 Å². The van der Waals surface area contributed by atoms with Crippen LogP contribution in [0.25, 0.3) is 11.3 Å². The molecule has 2 aromatic heterocycles. The predicted molar refractivity (Wildman–Crippen MR) is 78.1 cm³/mol. The van der Waals surface area contributed by atoms with Gasteiger partial charge in [-0.15, -0.1) is 10.2 Å². The number of hydrogen-bond donors (Lipinski definition) is 0. The Morgan fingerprint density at radius 2 is 1.96 bits per heavy atom. The van der Waals surface area contributed by atoms with Crippen LogP contribution < -0.4 is 9.47 Å². The van der Waals surface area contributed by atoms with Crippen LogP contribution in [0.3, 0.4) is 0 Å². The third kappa shape index (κ3) is 3.08. The average molecular weight is 361 g/mol. The molecule has 1 fully saturated rings. The summed E-state index contributed by atoms with van der Waals surface area (Å²) in [6.07, 6.45) is -2.86. The van der Waals surface area contributed by atoms with Gasteiger partial charge in [0.05, 0.1) is 25.7 Å². The average Bonchev–Trinajstić information content (AvgIpc) is 3.35. The minimum absolute atomic E-state index is 0.00932. The summed E-state index contributed by atoms with van der Waals surface area (Å²) >= 11 is 5.93. The molecule has 0 amide bonds. The van der Waals surface area contributed by atoms with Crippen molar-refractivity contribution in [3.05, 3.63) is 23.0 Å². The Bertz CT molecular complexity index is 772. The monoisotopic (exact) mass is 360 g/mol. The fourth-order valence-electron chi connectivity index (χ4n) is 2.46. The SMILES string of the molecule is COc1ncc(-c2cc([C@H]3C[C@@H]3C(F)(F)F)c(Cl)nn2)c(OC)n1. The second kappa shape index (κ2) is 6.04. The van der Waals surface area contributed by atoms with E-state index in [1.807, 2.05) is 0 Å². The van der Waals surface area contributed by atoms with Gasteiger partial charge in [-0.05, 0) is 24.0 Å². The number of aromatic nitrogens is 4. The summed E-state index contributed by atoms with van der Waals surface area (Å²) in [6.45, 7) is 0. The molecule has 0 unspecified atom stereocenters. The summed E-state index contributed by atoms with van der Waals surface area (Å²) in [5, 5.41) is 7.63. The molecule has 0 aromatic carbocycles. The molecular weight excluding hydrogens is 349 g/mol. The Hall–Kier alpha value is -2.16. The highest BCUT2D eigenvalue weighted by Crippen LogP contribution is 2.57. The van der Waals surface area contributed by atoms with Crippen molar-refractivity contribution >= 4 is 11.6 Å². The molecule has 6 nitrogen and oxygen atoms in total.